The normalized spacial score (nSPS) is 10.8. The van der Waals surface area contributed by atoms with Crippen LogP contribution in [0.25, 0.3) is 0 Å². The second kappa shape index (κ2) is 6.34. The van der Waals surface area contributed by atoms with Gasteiger partial charge in [0.15, 0.2) is 5.82 Å². The molecule has 0 atom stereocenters. The van der Waals surface area contributed by atoms with Crippen molar-refractivity contribution < 1.29 is 0 Å². The summed E-state index contributed by atoms with van der Waals surface area (Å²) >= 11 is 0. The van der Waals surface area contributed by atoms with Gasteiger partial charge in [0, 0.05) is 31.2 Å². The van der Waals surface area contributed by atoms with Crippen molar-refractivity contribution in [2.75, 3.05) is 5.32 Å². The molecule has 0 aliphatic heterocycles. The van der Waals surface area contributed by atoms with Crippen LogP contribution in [-0.4, -0.2) is 9.55 Å². The molecular formula is C15H20N4O. The van der Waals surface area contributed by atoms with Crippen molar-refractivity contribution in [2.24, 2.45) is 11.7 Å². The van der Waals surface area contributed by atoms with Crippen LogP contribution in [0.3, 0.4) is 0 Å². The van der Waals surface area contributed by atoms with Crippen molar-refractivity contribution in [3.63, 3.8) is 0 Å². The van der Waals surface area contributed by atoms with Crippen LogP contribution in [0.5, 0.6) is 0 Å². The summed E-state index contributed by atoms with van der Waals surface area (Å²) in [7, 11) is 0. The summed E-state index contributed by atoms with van der Waals surface area (Å²) in [5, 5.41) is 3.08. The van der Waals surface area contributed by atoms with Crippen LogP contribution < -0.4 is 16.6 Å². The second-order valence-electron chi connectivity index (χ2n) is 5.11. The van der Waals surface area contributed by atoms with Gasteiger partial charge >= 0.3 is 0 Å². The van der Waals surface area contributed by atoms with E-state index in [-0.39, 0.29) is 5.56 Å². The number of nitrogens with one attached hydrogen (secondary N) is 1. The molecule has 106 valence electrons. The van der Waals surface area contributed by atoms with Crippen LogP contribution in [0.4, 0.5) is 11.5 Å². The molecule has 0 amide bonds. The SMILES string of the molecule is CC(C)Cn1ccnc(Nc2ccccc2CN)c1=O. The molecule has 0 aliphatic carbocycles. The van der Waals surface area contributed by atoms with Crippen molar-refractivity contribution in [3.8, 4) is 0 Å². The molecule has 2 aromatic rings. The fourth-order valence-corrected chi connectivity index (χ4v) is 2.02. The summed E-state index contributed by atoms with van der Waals surface area (Å²) in [6.45, 7) is 5.23. The van der Waals surface area contributed by atoms with E-state index in [1.54, 1.807) is 17.0 Å². The van der Waals surface area contributed by atoms with Gasteiger partial charge in [-0.15, -0.1) is 0 Å². The van der Waals surface area contributed by atoms with Crippen LogP contribution in [0.1, 0.15) is 19.4 Å². The third kappa shape index (κ3) is 3.24. The first-order chi connectivity index (χ1) is 9.61. The van der Waals surface area contributed by atoms with Crippen molar-refractivity contribution in [3.05, 3.63) is 52.6 Å². The highest BCUT2D eigenvalue weighted by Crippen LogP contribution is 2.17. The zero-order chi connectivity index (χ0) is 14.5. The molecule has 2 rings (SSSR count). The monoisotopic (exact) mass is 272 g/mol. The van der Waals surface area contributed by atoms with Gasteiger partial charge < -0.3 is 15.6 Å². The highest BCUT2D eigenvalue weighted by Gasteiger charge is 2.08. The van der Waals surface area contributed by atoms with Gasteiger partial charge in [0.05, 0.1) is 0 Å². The summed E-state index contributed by atoms with van der Waals surface area (Å²) in [4.78, 5) is 16.4. The van der Waals surface area contributed by atoms with E-state index in [4.69, 9.17) is 5.73 Å². The molecule has 0 saturated heterocycles. The number of hydrogen-bond acceptors (Lipinski definition) is 4. The van der Waals surface area contributed by atoms with Crippen LogP contribution in [-0.2, 0) is 13.1 Å². The van der Waals surface area contributed by atoms with E-state index in [1.165, 1.54) is 0 Å². The average molecular weight is 272 g/mol. The Morgan fingerprint density at radius 1 is 1.35 bits per heavy atom. The minimum atomic E-state index is -0.118. The third-order valence-corrected chi connectivity index (χ3v) is 2.97. The van der Waals surface area contributed by atoms with Crippen molar-refractivity contribution in [1.29, 1.82) is 0 Å². The number of benzene rings is 1. The molecule has 0 unspecified atom stereocenters. The Morgan fingerprint density at radius 2 is 2.10 bits per heavy atom. The number of aromatic nitrogens is 2. The zero-order valence-corrected chi connectivity index (χ0v) is 11.8. The fraction of sp³-hybridized carbons (Fsp3) is 0.333. The molecule has 0 saturated carbocycles. The Hall–Kier alpha value is -2.14. The van der Waals surface area contributed by atoms with E-state index < -0.39 is 0 Å². The van der Waals surface area contributed by atoms with E-state index in [1.807, 2.05) is 24.3 Å². The van der Waals surface area contributed by atoms with Gasteiger partial charge in [0.25, 0.3) is 5.56 Å². The van der Waals surface area contributed by atoms with Gasteiger partial charge in [0.1, 0.15) is 0 Å². The lowest BCUT2D eigenvalue weighted by atomic mass is 10.2. The molecular weight excluding hydrogens is 252 g/mol. The lowest BCUT2D eigenvalue weighted by Crippen LogP contribution is -2.25. The van der Waals surface area contributed by atoms with Gasteiger partial charge in [-0.25, -0.2) is 4.98 Å². The standard InChI is InChI=1S/C15H20N4O/c1-11(2)10-19-8-7-17-14(15(19)20)18-13-6-4-3-5-12(13)9-16/h3-8,11H,9-10,16H2,1-2H3,(H,17,18). The molecule has 0 radical (unpaired) electrons. The van der Waals surface area contributed by atoms with Gasteiger partial charge in [-0.05, 0) is 17.5 Å². The highest BCUT2D eigenvalue weighted by molar-refractivity contribution is 5.59. The summed E-state index contributed by atoms with van der Waals surface area (Å²) in [5.41, 5.74) is 7.35. The molecule has 1 aromatic heterocycles. The summed E-state index contributed by atoms with van der Waals surface area (Å²) in [6.07, 6.45) is 3.35. The van der Waals surface area contributed by atoms with Crippen LogP contribution in [0, 0.1) is 5.92 Å². The van der Waals surface area contributed by atoms with E-state index in [9.17, 15) is 4.79 Å². The number of rotatable bonds is 5. The first-order valence-electron chi connectivity index (χ1n) is 6.72. The Labute approximate surface area is 118 Å². The van der Waals surface area contributed by atoms with Gasteiger partial charge in [-0.1, -0.05) is 32.0 Å². The zero-order valence-electron chi connectivity index (χ0n) is 11.8. The van der Waals surface area contributed by atoms with E-state index in [0.717, 1.165) is 11.3 Å². The molecule has 0 spiro atoms. The minimum Gasteiger partial charge on any atom is -0.335 e. The largest absolute Gasteiger partial charge is 0.335 e. The second-order valence-corrected chi connectivity index (χ2v) is 5.11. The summed E-state index contributed by atoms with van der Waals surface area (Å²) < 4.78 is 1.67. The van der Waals surface area contributed by atoms with Crippen molar-refractivity contribution >= 4 is 11.5 Å². The molecule has 0 fully saturated rings. The average Bonchev–Trinajstić information content (AvgIpc) is 2.43. The molecule has 3 N–H and O–H groups in total. The minimum absolute atomic E-state index is 0.118. The number of hydrogen-bond donors (Lipinski definition) is 2. The van der Waals surface area contributed by atoms with Crippen molar-refractivity contribution in [2.45, 2.75) is 26.9 Å². The maximum absolute atomic E-state index is 12.3. The van der Waals surface area contributed by atoms with E-state index in [0.29, 0.717) is 24.8 Å². The number of anilines is 2. The van der Waals surface area contributed by atoms with Crippen molar-refractivity contribution in [1.82, 2.24) is 9.55 Å². The Kier molecular flexibility index (Phi) is 4.53. The molecule has 5 heteroatoms. The molecule has 20 heavy (non-hydrogen) atoms. The molecule has 1 heterocycles. The summed E-state index contributed by atoms with van der Waals surface area (Å²) in [5.74, 6) is 0.730. The first-order valence-corrected chi connectivity index (χ1v) is 6.72. The third-order valence-electron chi connectivity index (χ3n) is 2.97. The van der Waals surface area contributed by atoms with Crippen LogP contribution >= 0.6 is 0 Å². The maximum atomic E-state index is 12.3. The fourth-order valence-electron chi connectivity index (χ4n) is 2.02. The lowest BCUT2D eigenvalue weighted by molar-refractivity contribution is 0.510. The molecule has 1 aromatic carbocycles. The van der Waals surface area contributed by atoms with E-state index in [2.05, 4.69) is 24.1 Å². The Balaban J connectivity index is 2.32. The number of nitrogens with two attached hydrogens (primary N) is 1. The lowest BCUT2D eigenvalue weighted by Gasteiger charge is -2.12. The van der Waals surface area contributed by atoms with Crippen LogP contribution in [0.15, 0.2) is 41.5 Å². The number of para-hydroxylation sites is 1. The predicted octanol–water partition coefficient (Wildman–Crippen LogP) is 2.10. The molecule has 5 nitrogen and oxygen atoms in total. The highest BCUT2D eigenvalue weighted by atomic mass is 16.1. The molecule has 0 aliphatic rings. The predicted molar refractivity (Wildman–Crippen MR) is 81.0 cm³/mol. The van der Waals surface area contributed by atoms with Crippen LogP contribution in [0.2, 0.25) is 0 Å². The Bertz CT molecular complexity index is 634. The van der Waals surface area contributed by atoms with Gasteiger partial charge in [0.2, 0.25) is 0 Å². The summed E-state index contributed by atoms with van der Waals surface area (Å²) in [6, 6.07) is 7.64. The topological polar surface area (TPSA) is 72.9 Å². The van der Waals surface area contributed by atoms with Gasteiger partial charge in [-0.2, -0.15) is 0 Å². The quantitative estimate of drug-likeness (QED) is 0.874. The van der Waals surface area contributed by atoms with Gasteiger partial charge in [-0.3, -0.25) is 4.79 Å². The number of nitrogens with zero attached hydrogens (tertiary/aromatic N) is 2. The molecule has 0 bridgehead atoms. The maximum Gasteiger partial charge on any atom is 0.293 e. The Morgan fingerprint density at radius 3 is 2.80 bits per heavy atom. The smallest absolute Gasteiger partial charge is 0.293 e. The first kappa shape index (κ1) is 14.3. The van der Waals surface area contributed by atoms with E-state index >= 15 is 0 Å².